The van der Waals surface area contributed by atoms with Crippen LogP contribution in [0.25, 0.3) is 11.5 Å². The van der Waals surface area contributed by atoms with Gasteiger partial charge in [0.2, 0.25) is 5.95 Å². The molecule has 2 aromatic heterocycles. The van der Waals surface area contributed by atoms with Gasteiger partial charge in [-0.2, -0.15) is 9.97 Å². The van der Waals surface area contributed by atoms with Gasteiger partial charge in [0.1, 0.15) is 11.5 Å². The summed E-state index contributed by atoms with van der Waals surface area (Å²) in [6, 6.07) is 5.69. The molecule has 0 aromatic carbocycles. The molecule has 0 spiro atoms. The van der Waals surface area contributed by atoms with E-state index in [2.05, 4.69) is 19.9 Å². The Kier molecular flexibility index (Phi) is 3.85. The Morgan fingerprint density at radius 1 is 0.950 bits per heavy atom. The Labute approximate surface area is 118 Å². The lowest BCUT2D eigenvalue weighted by molar-refractivity contribution is 0.559. The van der Waals surface area contributed by atoms with Crippen LogP contribution in [0.4, 0.5) is 5.95 Å². The summed E-state index contributed by atoms with van der Waals surface area (Å²) in [5.74, 6) is 2.11. The third-order valence-electron chi connectivity index (χ3n) is 3.78. The van der Waals surface area contributed by atoms with E-state index in [9.17, 15) is 0 Å². The van der Waals surface area contributed by atoms with Crippen molar-refractivity contribution in [2.75, 3.05) is 5.73 Å². The lowest BCUT2D eigenvalue weighted by Gasteiger charge is -2.13. The molecule has 1 saturated carbocycles. The average molecular weight is 269 g/mol. The molecule has 104 valence electrons. The standard InChI is InChI=1S/C15H19N5/c16-15-19-13(11-7-3-1-2-4-8-11)18-14(20-15)12-9-5-6-10-17-12/h5-6,9-11H,1-4,7-8H2,(H2,16,18,19,20). The predicted octanol–water partition coefficient (Wildman–Crippen LogP) is 2.95. The number of hydrogen-bond acceptors (Lipinski definition) is 5. The molecule has 2 N–H and O–H groups in total. The van der Waals surface area contributed by atoms with E-state index in [0.717, 1.165) is 24.4 Å². The second-order valence-electron chi connectivity index (χ2n) is 5.28. The summed E-state index contributed by atoms with van der Waals surface area (Å²) in [5.41, 5.74) is 6.60. The summed E-state index contributed by atoms with van der Waals surface area (Å²) in [5, 5.41) is 0. The molecule has 0 unspecified atom stereocenters. The minimum Gasteiger partial charge on any atom is -0.368 e. The van der Waals surface area contributed by atoms with E-state index < -0.39 is 0 Å². The minimum atomic E-state index is 0.292. The summed E-state index contributed by atoms with van der Waals surface area (Å²) >= 11 is 0. The number of nitrogen functional groups attached to an aromatic ring is 1. The molecule has 2 heterocycles. The van der Waals surface area contributed by atoms with Gasteiger partial charge < -0.3 is 5.73 Å². The Bertz CT molecular complexity index is 562. The molecule has 20 heavy (non-hydrogen) atoms. The summed E-state index contributed by atoms with van der Waals surface area (Å²) < 4.78 is 0. The fraction of sp³-hybridized carbons (Fsp3) is 0.467. The third-order valence-corrected chi connectivity index (χ3v) is 3.78. The molecule has 0 atom stereocenters. The molecule has 0 amide bonds. The Balaban J connectivity index is 1.94. The number of anilines is 1. The SMILES string of the molecule is Nc1nc(-c2ccccn2)nc(C2CCCCCC2)n1. The van der Waals surface area contributed by atoms with Crippen molar-refractivity contribution in [2.45, 2.75) is 44.4 Å². The number of nitrogens with two attached hydrogens (primary N) is 1. The zero-order valence-electron chi connectivity index (χ0n) is 11.5. The lowest BCUT2D eigenvalue weighted by atomic mass is 9.99. The molecule has 5 heteroatoms. The van der Waals surface area contributed by atoms with Crippen molar-refractivity contribution in [1.82, 2.24) is 19.9 Å². The highest BCUT2D eigenvalue weighted by molar-refractivity contribution is 5.49. The maximum absolute atomic E-state index is 5.85. The van der Waals surface area contributed by atoms with Crippen molar-refractivity contribution in [2.24, 2.45) is 0 Å². The molecule has 2 aromatic rings. The van der Waals surface area contributed by atoms with Crippen LogP contribution in [0.1, 0.15) is 50.3 Å². The van der Waals surface area contributed by atoms with Crippen LogP contribution in [0.15, 0.2) is 24.4 Å². The largest absolute Gasteiger partial charge is 0.368 e. The summed E-state index contributed by atoms with van der Waals surface area (Å²) in [6.45, 7) is 0. The van der Waals surface area contributed by atoms with E-state index in [1.54, 1.807) is 6.20 Å². The molecule has 1 aliphatic carbocycles. The van der Waals surface area contributed by atoms with Crippen LogP contribution in [0.3, 0.4) is 0 Å². The first-order chi connectivity index (χ1) is 9.83. The van der Waals surface area contributed by atoms with E-state index >= 15 is 0 Å². The fourth-order valence-corrected chi connectivity index (χ4v) is 2.74. The summed E-state index contributed by atoms with van der Waals surface area (Å²) in [7, 11) is 0. The van der Waals surface area contributed by atoms with Gasteiger partial charge >= 0.3 is 0 Å². The number of hydrogen-bond donors (Lipinski definition) is 1. The van der Waals surface area contributed by atoms with Gasteiger partial charge in [-0.05, 0) is 25.0 Å². The van der Waals surface area contributed by atoms with Gasteiger partial charge in [-0.25, -0.2) is 4.98 Å². The van der Waals surface area contributed by atoms with Crippen molar-refractivity contribution in [3.8, 4) is 11.5 Å². The Morgan fingerprint density at radius 3 is 2.45 bits per heavy atom. The van der Waals surface area contributed by atoms with Gasteiger partial charge in [0.15, 0.2) is 5.82 Å². The monoisotopic (exact) mass is 269 g/mol. The molecular weight excluding hydrogens is 250 g/mol. The lowest BCUT2D eigenvalue weighted by Crippen LogP contribution is -2.09. The van der Waals surface area contributed by atoms with Crippen LogP contribution >= 0.6 is 0 Å². The van der Waals surface area contributed by atoms with E-state index in [4.69, 9.17) is 5.73 Å². The number of rotatable bonds is 2. The zero-order chi connectivity index (χ0) is 13.8. The van der Waals surface area contributed by atoms with Gasteiger partial charge in [0.05, 0.1) is 0 Å². The van der Waals surface area contributed by atoms with E-state index in [1.165, 1.54) is 25.7 Å². The molecule has 5 nitrogen and oxygen atoms in total. The van der Waals surface area contributed by atoms with Crippen LogP contribution in [-0.4, -0.2) is 19.9 Å². The second-order valence-corrected chi connectivity index (χ2v) is 5.28. The maximum atomic E-state index is 5.85. The van der Waals surface area contributed by atoms with Crippen LogP contribution in [0.5, 0.6) is 0 Å². The minimum absolute atomic E-state index is 0.292. The van der Waals surface area contributed by atoms with Gasteiger partial charge in [-0.1, -0.05) is 31.7 Å². The molecule has 1 fully saturated rings. The average Bonchev–Trinajstić information content (AvgIpc) is 2.77. The van der Waals surface area contributed by atoms with Crippen molar-refractivity contribution in [1.29, 1.82) is 0 Å². The van der Waals surface area contributed by atoms with Crippen LogP contribution < -0.4 is 5.73 Å². The maximum Gasteiger partial charge on any atom is 0.223 e. The van der Waals surface area contributed by atoms with Crippen molar-refractivity contribution in [3.63, 3.8) is 0 Å². The van der Waals surface area contributed by atoms with Gasteiger partial charge in [0.25, 0.3) is 0 Å². The number of pyridine rings is 1. The Morgan fingerprint density at radius 2 is 1.75 bits per heavy atom. The smallest absolute Gasteiger partial charge is 0.223 e. The van der Waals surface area contributed by atoms with Gasteiger partial charge in [-0.3, -0.25) is 4.98 Å². The van der Waals surface area contributed by atoms with Crippen molar-refractivity contribution in [3.05, 3.63) is 30.2 Å². The number of aromatic nitrogens is 4. The molecule has 3 rings (SSSR count). The first kappa shape index (κ1) is 13.0. The molecule has 0 saturated heterocycles. The zero-order valence-corrected chi connectivity index (χ0v) is 11.5. The van der Waals surface area contributed by atoms with E-state index in [-0.39, 0.29) is 0 Å². The second kappa shape index (κ2) is 5.94. The first-order valence-corrected chi connectivity index (χ1v) is 7.26. The van der Waals surface area contributed by atoms with E-state index in [1.807, 2.05) is 18.2 Å². The van der Waals surface area contributed by atoms with Gasteiger partial charge in [-0.15, -0.1) is 0 Å². The molecule has 0 radical (unpaired) electrons. The fourth-order valence-electron chi connectivity index (χ4n) is 2.74. The summed E-state index contributed by atoms with van der Waals surface area (Å²) in [6.07, 6.45) is 9.13. The third kappa shape index (κ3) is 2.92. The highest BCUT2D eigenvalue weighted by Crippen LogP contribution is 2.30. The quantitative estimate of drug-likeness (QED) is 0.848. The van der Waals surface area contributed by atoms with Crippen LogP contribution in [0, 0.1) is 0 Å². The highest BCUT2D eigenvalue weighted by Gasteiger charge is 2.19. The first-order valence-electron chi connectivity index (χ1n) is 7.26. The highest BCUT2D eigenvalue weighted by atomic mass is 15.1. The van der Waals surface area contributed by atoms with Crippen molar-refractivity contribution < 1.29 is 0 Å². The topological polar surface area (TPSA) is 77.6 Å². The summed E-state index contributed by atoms with van der Waals surface area (Å²) in [4.78, 5) is 17.5. The Hall–Kier alpha value is -2.04. The van der Waals surface area contributed by atoms with Crippen molar-refractivity contribution >= 4 is 5.95 Å². The van der Waals surface area contributed by atoms with E-state index in [0.29, 0.717) is 17.7 Å². The van der Waals surface area contributed by atoms with Crippen LogP contribution in [0.2, 0.25) is 0 Å². The normalized spacial score (nSPS) is 16.8. The molecule has 0 aliphatic heterocycles. The molecular formula is C15H19N5. The predicted molar refractivity (Wildman–Crippen MR) is 77.9 cm³/mol. The molecule has 1 aliphatic rings. The number of nitrogens with zero attached hydrogens (tertiary/aromatic N) is 4. The van der Waals surface area contributed by atoms with Gasteiger partial charge in [0, 0.05) is 12.1 Å². The molecule has 0 bridgehead atoms. The van der Waals surface area contributed by atoms with Crippen LogP contribution in [-0.2, 0) is 0 Å².